The van der Waals surface area contributed by atoms with Gasteiger partial charge < -0.3 is 34.8 Å². The van der Waals surface area contributed by atoms with Gasteiger partial charge in [0, 0.05) is 18.9 Å². The number of hydrogen-bond acceptors (Lipinski definition) is 11. The summed E-state index contributed by atoms with van der Waals surface area (Å²) in [5.41, 5.74) is 1.41. The molecule has 12 nitrogen and oxygen atoms in total. The summed E-state index contributed by atoms with van der Waals surface area (Å²) in [4.78, 5) is 24.7. The molecule has 0 saturated carbocycles. The largest absolute Gasteiger partial charge is 0.465 e. The number of nitrogens with zero attached hydrogens (tertiary/aromatic N) is 3. The van der Waals surface area contributed by atoms with E-state index in [-0.39, 0.29) is 19.6 Å². The third-order valence-electron chi connectivity index (χ3n) is 6.12. The number of ether oxygens (including phenoxy) is 3. The van der Waals surface area contributed by atoms with Gasteiger partial charge in [-0.25, -0.2) is 9.48 Å². The quantitative estimate of drug-likeness (QED) is 0.200. The second-order valence-corrected chi connectivity index (χ2v) is 10.4. The van der Waals surface area contributed by atoms with Gasteiger partial charge in [0.25, 0.3) is 5.79 Å². The molecule has 0 aliphatic carbocycles. The zero-order valence-electron chi connectivity index (χ0n) is 21.7. The van der Waals surface area contributed by atoms with E-state index in [0.29, 0.717) is 12.1 Å². The lowest BCUT2D eigenvalue weighted by Gasteiger charge is -2.47. The Morgan fingerprint density at radius 1 is 1.32 bits per heavy atom. The second-order valence-electron chi connectivity index (χ2n) is 8.97. The Hall–Kier alpha value is -2.55. The molecule has 0 bridgehead atoms. The van der Waals surface area contributed by atoms with Crippen molar-refractivity contribution in [2.45, 2.75) is 69.5 Å². The lowest BCUT2D eigenvalue weighted by molar-refractivity contribution is -0.312. The van der Waals surface area contributed by atoms with Crippen LogP contribution >= 0.6 is 11.8 Å². The number of hydrogen-bond donors (Lipinski definition) is 4. The second kappa shape index (κ2) is 14.0. The summed E-state index contributed by atoms with van der Waals surface area (Å²) >= 11 is 1.71. The molecular formula is C25H36N4O8S. The van der Waals surface area contributed by atoms with Crippen LogP contribution in [-0.2, 0) is 30.3 Å². The first-order chi connectivity index (χ1) is 18.2. The number of aliphatic hydroxyl groups excluding tert-OH is 3. The fraction of sp³-hybridized carbons (Fsp3) is 0.600. The van der Waals surface area contributed by atoms with Crippen molar-refractivity contribution in [1.82, 2.24) is 20.3 Å². The van der Waals surface area contributed by atoms with Crippen molar-refractivity contribution in [2.24, 2.45) is 0 Å². The highest BCUT2D eigenvalue weighted by atomic mass is 32.2. The van der Waals surface area contributed by atoms with E-state index in [1.165, 1.54) is 11.6 Å². The van der Waals surface area contributed by atoms with E-state index in [9.17, 15) is 24.9 Å². The van der Waals surface area contributed by atoms with Gasteiger partial charge in [-0.3, -0.25) is 4.79 Å². The first-order valence-electron chi connectivity index (χ1n) is 12.5. The van der Waals surface area contributed by atoms with Crippen molar-refractivity contribution in [3.05, 3.63) is 36.5 Å². The van der Waals surface area contributed by atoms with Crippen LogP contribution in [0.1, 0.15) is 26.7 Å². The molecule has 1 unspecified atom stereocenters. The average Bonchev–Trinajstić information content (AvgIpc) is 3.37. The third kappa shape index (κ3) is 7.52. The molecule has 2 aromatic rings. The van der Waals surface area contributed by atoms with Gasteiger partial charge in [0.2, 0.25) is 5.91 Å². The number of aliphatic hydroxyl groups is 3. The Morgan fingerprint density at radius 3 is 2.71 bits per heavy atom. The van der Waals surface area contributed by atoms with Gasteiger partial charge in [-0.15, -0.1) is 5.10 Å². The molecule has 0 radical (unpaired) electrons. The number of aromatic nitrogens is 3. The van der Waals surface area contributed by atoms with Crippen molar-refractivity contribution in [1.29, 1.82) is 0 Å². The topological polar surface area (TPSA) is 165 Å². The minimum absolute atomic E-state index is 0.131. The lowest BCUT2D eigenvalue weighted by atomic mass is 9.88. The van der Waals surface area contributed by atoms with Crippen molar-refractivity contribution in [3.8, 4) is 11.3 Å². The highest BCUT2D eigenvalue weighted by molar-refractivity contribution is 7.99. The number of amides is 1. The molecule has 1 amide bonds. The van der Waals surface area contributed by atoms with Gasteiger partial charge in [-0.1, -0.05) is 42.5 Å². The maximum absolute atomic E-state index is 12.8. The molecule has 0 spiro atoms. The molecule has 1 aromatic carbocycles. The third-order valence-corrected chi connectivity index (χ3v) is 7.11. The van der Waals surface area contributed by atoms with Crippen LogP contribution in [0.5, 0.6) is 0 Å². The fourth-order valence-electron chi connectivity index (χ4n) is 4.29. The first-order valence-corrected chi connectivity index (χ1v) is 13.6. The van der Waals surface area contributed by atoms with Crippen LogP contribution in [-0.4, -0.2) is 104 Å². The predicted molar refractivity (Wildman–Crippen MR) is 139 cm³/mol. The van der Waals surface area contributed by atoms with Crippen molar-refractivity contribution >= 4 is 23.6 Å². The molecule has 38 heavy (non-hydrogen) atoms. The summed E-state index contributed by atoms with van der Waals surface area (Å²) < 4.78 is 18.1. The minimum Gasteiger partial charge on any atom is -0.465 e. The van der Waals surface area contributed by atoms with Crippen LogP contribution in [0, 0.1) is 0 Å². The zero-order valence-corrected chi connectivity index (χ0v) is 22.5. The standard InChI is InChI=1S/C25H36N4O8S/c1-4-38-12-8-11-36-25(24(34)35-3)13-19(31)21(26-16(2)30)23(37-25)22(33)20(32)15-29-14-18(27-28-29)17-9-6-5-7-10-17/h5-7,9-10,14,19-23,31-33H,4,8,11-13,15H2,1-3H3,(H,26,30)/t19?,20-,21-,22-,23-,25-/m1/s1. The van der Waals surface area contributed by atoms with E-state index in [0.717, 1.165) is 24.2 Å². The van der Waals surface area contributed by atoms with Gasteiger partial charge in [-0.05, 0) is 17.9 Å². The van der Waals surface area contributed by atoms with E-state index in [2.05, 4.69) is 15.6 Å². The number of rotatable bonds is 13. The number of benzene rings is 1. The molecule has 13 heteroatoms. The van der Waals surface area contributed by atoms with Gasteiger partial charge in [0.05, 0.1) is 38.6 Å². The van der Waals surface area contributed by atoms with Crippen LogP contribution < -0.4 is 5.32 Å². The molecule has 210 valence electrons. The van der Waals surface area contributed by atoms with Gasteiger partial charge >= 0.3 is 5.97 Å². The maximum Gasteiger partial charge on any atom is 0.366 e. The van der Waals surface area contributed by atoms with Crippen LogP contribution in [0.25, 0.3) is 11.3 Å². The number of esters is 1. The van der Waals surface area contributed by atoms with Gasteiger partial charge in [0.1, 0.15) is 24.0 Å². The summed E-state index contributed by atoms with van der Waals surface area (Å²) in [6, 6.07) is 8.19. The predicted octanol–water partition coefficient (Wildman–Crippen LogP) is 0.351. The molecule has 3 rings (SSSR count). The molecule has 6 atom stereocenters. The molecule has 1 aromatic heterocycles. The molecule has 1 aliphatic heterocycles. The summed E-state index contributed by atoms with van der Waals surface area (Å²) in [5, 5.41) is 43.7. The molecular weight excluding hydrogens is 516 g/mol. The summed E-state index contributed by atoms with van der Waals surface area (Å²) in [6.45, 7) is 3.23. The Morgan fingerprint density at radius 2 is 2.05 bits per heavy atom. The molecule has 2 heterocycles. The van der Waals surface area contributed by atoms with E-state index in [1.54, 1.807) is 18.0 Å². The SMILES string of the molecule is CCSCCCO[C@]1(C(=O)OC)CC(O)[C@@H](NC(C)=O)[C@H]([C@H](O)[C@H](O)Cn2cc(-c3ccccc3)nn2)O1. The summed E-state index contributed by atoms with van der Waals surface area (Å²) in [7, 11) is 1.16. The van der Waals surface area contributed by atoms with Crippen LogP contribution in [0.15, 0.2) is 36.5 Å². The van der Waals surface area contributed by atoms with Crippen LogP contribution in [0.3, 0.4) is 0 Å². The molecule has 1 aliphatic rings. The Kier molecular flexibility index (Phi) is 11.1. The van der Waals surface area contributed by atoms with Crippen LogP contribution in [0.2, 0.25) is 0 Å². The van der Waals surface area contributed by atoms with Gasteiger partial charge in [0.15, 0.2) is 0 Å². The monoisotopic (exact) mass is 552 g/mol. The average molecular weight is 553 g/mol. The minimum atomic E-state index is -2.03. The number of carbonyl (C=O) groups excluding carboxylic acids is 2. The van der Waals surface area contributed by atoms with E-state index >= 15 is 0 Å². The highest BCUT2D eigenvalue weighted by Gasteiger charge is 2.56. The fourth-order valence-corrected chi connectivity index (χ4v) is 4.90. The summed E-state index contributed by atoms with van der Waals surface area (Å²) in [6.07, 6.45) is -4.01. The van der Waals surface area contributed by atoms with Crippen molar-refractivity contribution in [3.63, 3.8) is 0 Å². The molecule has 1 fully saturated rings. The highest BCUT2D eigenvalue weighted by Crippen LogP contribution is 2.34. The van der Waals surface area contributed by atoms with E-state index in [4.69, 9.17) is 14.2 Å². The Balaban J connectivity index is 1.80. The van der Waals surface area contributed by atoms with Gasteiger partial charge in [-0.2, -0.15) is 11.8 Å². The number of thioether (sulfide) groups is 1. The number of methoxy groups -OCH3 is 1. The number of carbonyl (C=O) groups is 2. The van der Waals surface area contributed by atoms with E-state index < -0.39 is 48.1 Å². The van der Waals surface area contributed by atoms with Crippen molar-refractivity contribution < 1.29 is 39.1 Å². The lowest BCUT2D eigenvalue weighted by Crippen LogP contribution is -2.68. The molecule has 1 saturated heterocycles. The summed E-state index contributed by atoms with van der Waals surface area (Å²) in [5.74, 6) is -1.69. The zero-order chi connectivity index (χ0) is 27.7. The Bertz CT molecular complexity index is 1040. The smallest absolute Gasteiger partial charge is 0.366 e. The van der Waals surface area contributed by atoms with Crippen molar-refractivity contribution in [2.75, 3.05) is 25.2 Å². The number of nitrogens with one attached hydrogen (secondary N) is 1. The maximum atomic E-state index is 12.8. The normalized spacial score (nSPS) is 24.9. The first kappa shape index (κ1) is 30.0. The Labute approximate surface area is 225 Å². The molecule has 4 N–H and O–H groups in total. The van der Waals surface area contributed by atoms with E-state index in [1.807, 2.05) is 37.3 Å². The van der Waals surface area contributed by atoms with Crippen LogP contribution in [0.4, 0.5) is 0 Å².